The van der Waals surface area contributed by atoms with Gasteiger partial charge in [-0.25, -0.2) is 9.67 Å². The van der Waals surface area contributed by atoms with E-state index in [9.17, 15) is 5.11 Å². The van der Waals surface area contributed by atoms with Crippen LogP contribution in [0.15, 0.2) is 24.3 Å². The molecule has 1 aliphatic carbocycles. The lowest BCUT2D eigenvalue weighted by atomic mass is 9.86. The highest BCUT2D eigenvalue weighted by atomic mass is 16.3. The fourth-order valence-electron chi connectivity index (χ4n) is 3.04. The summed E-state index contributed by atoms with van der Waals surface area (Å²) in [5, 5.41) is 15.3. The van der Waals surface area contributed by atoms with Gasteiger partial charge >= 0.3 is 0 Å². The van der Waals surface area contributed by atoms with Gasteiger partial charge in [-0.1, -0.05) is 38.1 Å². The van der Waals surface area contributed by atoms with Crippen molar-refractivity contribution < 1.29 is 5.11 Å². The zero-order valence-corrected chi connectivity index (χ0v) is 12.1. The third kappa shape index (κ3) is 2.14. The predicted octanol–water partition coefficient (Wildman–Crippen LogP) is 2.62. The minimum atomic E-state index is -0.489. The molecule has 4 nitrogen and oxygen atoms in total. The SMILES string of the molecule is CCc1nc(CC)n(C2CCc3ccccc3C2O)n1. The summed E-state index contributed by atoms with van der Waals surface area (Å²) < 4.78 is 1.96. The van der Waals surface area contributed by atoms with Crippen molar-refractivity contribution in [2.75, 3.05) is 0 Å². The maximum Gasteiger partial charge on any atom is 0.150 e. The molecule has 1 heterocycles. The van der Waals surface area contributed by atoms with Crippen molar-refractivity contribution in [2.45, 2.75) is 51.7 Å². The summed E-state index contributed by atoms with van der Waals surface area (Å²) in [5.41, 5.74) is 2.30. The zero-order valence-electron chi connectivity index (χ0n) is 12.1. The van der Waals surface area contributed by atoms with Gasteiger partial charge in [-0.2, -0.15) is 5.10 Å². The Hall–Kier alpha value is -1.68. The summed E-state index contributed by atoms with van der Waals surface area (Å²) >= 11 is 0. The number of hydrogen-bond acceptors (Lipinski definition) is 3. The summed E-state index contributed by atoms with van der Waals surface area (Å²) in [7, 11) is 0. The molecule has 3 rings (SSSR count). The number of aromatic nitrogens is 3. The van der Waals surface area contributed by atoms with Crippen molar-refractivity contribution in [1.29, 1.82) is 0 Å². The first-order chi connectivity index (χ1) is 9.74. The van der Waals surface area contributed by atoms with Gasteiger partial charge < -0.3 is 5.11 Å². The van der Waals surface area contributed by atoms with Crippen LogP contribution in [0.3, 0.4) is 0 Å². The third-order valence-corrected chi connectivity index (χ3v) is 4.14. The van der Waals surface area contributed by atoms with Crippen LogP contribution in [0.2, 0.25) is 0 Å². The van der Waals surface area contributed by atoms with Crippen molar-refractivity contribution in [3.05, 3.63) is 47.0 Å². The molecule has 0 spiro atoms. The van der Waals surface area contributed by atoms with E-state index in [0.29, 0.717) is 0 Å². The van der Waals surface area contributed by atoms with Crippen molar-refractivity contribution in [1.82, 2.24) is 14.8 Å². The molecule has 2 unspecified atom stereocenters. The van der Waals surface area contributed by atoms with Crippen molar-refractivity contribution in [3.8, 4) is 0 Å². The molecule has 20 heavy (non-hydrogen) atoms. The fourth-order valence-corrected chi connectivity index (χ4v) is 3.04. The molecule has 0 bridgehead atoms. The van der Waals surface area contributed by atoms with Crippen molar-refractivity contribution in [2.24, 2.45) is 0 Å². The standard InChI is InChI=1S/C16H21N3O/c1-3-14-17-15(4-2)19(18-14)13-10-9-11-7-5-6-8-12(11)16(13)20/h5-8,13,16,20H,3-4,9-10H2,1-2H3. The second-order valence-electron chi connectivity index (χ2n) is 5.35. The first kappa shape index (κ1) is 13.3. The molecule has 2 aromatic rings. The second kappa shape index (κ2) is 5.37. The minimum absolute atomic E-state index is 0.00708. The number of aliphatic hydroxyl groups excluding tert-OH is 1. The minimum Gasteiger partial charge on any atom is -0.386 e. The quantitative estimate of drug-likeness (QED) is 0.933. The number of fused-ring (bicyclic) bond motifs is 1. The molecule has 0 fully saturated rings. The van der Waals surface area contributed by atoms with E-state index in [2.05, 4.69) is 30.0 Å². The summed E-state index contributed by atoms with van der Waals surface area (Å²) in [6.45, 7) is 4.15. The van der Waals surface area contributed by atoms with Crippen LogP contribution < -0.4 is 0 Å². The Kier molecular flexibility index (Phi) is 3.57. The molecule has 4 heteroatoms. The van der Waals surface area contributed by atoms with Gasteiger partial charge in [0.05, 0.1) is 6.04 Å². The Bertz CT molecular complexity index is 606. The highest BCUT2D eigenvalue weighted by Crippen LogP contribution is 2.37. The normalized spacial score (nSPS) is 21.8. The fraction of sp³-hybridized carbons (Fsp3) is 0.500. The van der Waals surface area contributed by atoms with Crippen LogP contribution in [0.5, 0.6) is 0 Å². The van der Waals surface area contributed by atoms with Gasteiger partial charge in [0, 0.05) is 12.8 Å². The van der Waals surface area contributed by atoms with Gasteiger partial charge in [0.2, 0.25) is 0 Å². The zero-order chi connectivity index (χ0) is 14.1. The van der Waals surface area contributed by atoms with Crippen LogP contribution in [0.1, 0.15) is 55.2 Å². The molecule has 0 saturated carbocycles. The van der Waals surface area contributed by atoms with Gasteiger partial charge in [-0.3, -0.25) is 0 Å². The Morgan fingerprint density at radius 2 is 2.05 bits per heavy atom. The summed E-state index contributed by atoms with van der Waals surface area (Å²) in [6.07, 6.45) is 3.09. The lowest BCUT2D eigenvalue weighted by molar-refractivity contribution is 0.0901. The topological polar surface area (TPSA) is 50.9 Å². The van der Waals surface area contributed by atoms with Crippen molar-refractivity contribution >= 4 is 0 Å². The maximum absolute atomic E-state index is 10.7. The third-order valence-electron chi connectivity index (χ3n) is 4.14. The van der Waals surface area contributed by atoms with Crippen LogP contribution in [0.25, 0.3) is 0 Å². The van der Waals surface area contributed by atoms with Crippen LogP contribution in [-0.2, 0) is 19.3 Å². The van der Waals surface area contributed by atoms with Gasteiger partial charge in [-0.15, -0.1) is 0 Å². The van der Waals surface area contributed by atoms with E-state index in [4.69, 9.17) is 0 Å². The number of aryl methyl sites for hydroxylation is 3. The first-order valence-corrected chi connectivity index (χ1v) is 7.44. The number of aliphatic hydroxyl groups is 1. The molecule has 0 saturated heterocycles. The molecule has 1 N–H and O–H groups in total. The molecule has 0 amide bonds. The number of benzene rings is 1. The molecule has 1 aliphatic rings. The van der Waals surface area contributed by atoms with Crippen LogP contribution >= 0.6 is 0 Å². The molecule has 1 aromatic heterocycles. The van der Waals surface area contributed by atoms with E-state index < -0.39 is 6.10 Å². The molecule has 0 radical (unpaired) electrons. The van der Waals surface area contributed by atoms with Crippen LogP contribution in [0, 0.1) is 0 Å². The average molecular weight is 271 g/mol. The second-order valence-corrected chi connectivity index (χ2v) is 5.35. The number of hydrogen-bond donors (Lipinski definition) is 1. The van der Waals surface area contributed by atoms with Crippen molar-refractivity contribution in [3.63, 3.8) is 0 Å². The monoisotopic (exact) mass is 271 g/mol. The highest BCUT2D eigenvalue weighted by Gasteiger charge is 2.31. The lowest BCUT2D eigenvalue weighted by Crippen LogP contribution is -2.26. The molecular formula is C16H21N3O. The molecule has 0 aliphatic heterocycles. The summed E-state index contributed by atoms with van der Waals surface area (Å²) in [4.78, 5) is 4.55. The molecule has 106 valence electrons. The average Bonchev–Trinajstić information content (AvgIpc) is 2.91. The Morgan fingerprint density at radius 3 is 2.80 bits per heavy atom. The van der Waals surface area contributed by atoms with Crippen LogP contribution in [-0.4, -0.2) is 19.9 Å². The van der Waals surface area contributed by atoms with Gasteiger partial charge in [0.15, 0.2) is 5.82 Å². The van der Waals surface area contributed by atoms with E-state index in [1.165, 1.54) is 5.56 Å². The largest absolute Gasteiger partial charge is 0.386 e. The van der Waals surface area contributed by atoms with Crippen LogP contribution in [0.4, 0.5) is 0 Å². The highest BCUT2D eigenvalue weighted by molar-refractivity contribution is 5.32. The Morgan fingerprint density at radius 1 is 1.25 bits per heavy atom. The van der Waals surface area contributed by atoms with E-state index >= 15 is 0 Å². The maximum atomic E-state index is 10.7. The van der Waals surface area contributed by atoms with Gasteiger partial charge in [0.1, 0.15) is 11.9 Å². The molecular weight excluding hydrogens is 250 g/mol. The number of nitrogens with zero attached hydrogens (tertiary/aromatic N) is 3. The number of rotatable bonds is 3. The molecule has 2 atom stereocenters. The first-order valence-electron chi connectivity index (χ1n) is 7.44. The van der Waals surface area contributed by atoms with E-state index in [1.54, 1.807) is 0 Å². The Labute approximate surface area is 119 Å². The lowest BCUT2D eigenvalue weighted by Gasteiger charge is -2.30. The van der Waals surface area contributed by atoms with Gasteiger partial charge in [-0.05, 0) is 24.0 Å². The smallest absolute Gasteiger partial charge is 0.150 e. The molecule has 1 aromatic carbocycles. The van der Waals surface area contributed by atoms with Gasteiger partial charge in [0.25, 0.3) is 0 Å². The van der Waals surface area contributed by atoms with E-state index in [0.717, 1.165) is 42.9 Å². The summed E-state index contributed by atoms with van der Waals surface area (Å²) in [5.74, 6) is 1.85. The van der Waals surface area contributed by atoms with E-state index in [-0.39, 0.29) is 6.04 Å². The summed E-state index contributed by atoms with van der Waals surface area (Å²) in [6, 6.07) is 8.16. The predicted molar refractivity (Wildman–Crippen MR) is 77.5 cm³/mol. The Balaban J connectivity index is 1.98. The van der Waals surface area contributed by atoms with E-state index in [1.807, 2.05) is 22.9 Å².